The molecule has 0 aliphatic heterocycles. The van der Waals surface area contributed by atoms with E-state index in [2.05, 4.69) is 25.0 Å². The second-order valence-corrected chi connectivity index (χ2v) is 5.27. The third-order valence-electron chi connectivity index (χ3n) is 3.78. The van der Waals surface area contributed by atoms with Crippen LogP contribution in [0, 0.1) is 0 Å². The van der Waals surface area contributed by atoms with Gasteiger partial charge in [0.05, 0.1) is 5.56 Å². The number of carbonyl (C=O) groups excluding carboxylic acids is 1. The Bertz CT molecular complexity index is 854. The van der Waals surface area contributed by atoms with Crippen LogP contribution >= 0.6 is 0 Å². The summed E-state index contributed by atoms with van der Waals surface area (Å²) in [6.45, 7) is 5.77. The highest BCUT2D eigenvalue weighted by molar-refractivity contribution is 5.96. The smallest absolute Gasteiger partial charge is 0.283 e. The van der Waals surface area contributed by atoms with Crippen molar-refractivity contribution in [2.45, 2.75) is 13.8 Å². The largest absolute Gasteiger partial charge is 0.357 e. The Morgan fingerprint density at radius 3 is 2.56 bits per heavy atom. The summed E-state index contributed by atoms with van der Waals surface area (Å²) >= 11 is 0. The number of hydrogen-bond acceptors (Lipinski definition) is 6. The van der Waals surface area contributed by atoms with Gasteiger partial charge in [0.25, 0.3) is 5.91 Å². The average Bonchev–Trinajstić information content (AvgIpc) is 3.05. The second-order valence-electron chi connectivity index (χ2n) is 5.27. The van der Waals surface area contributed by atoms with Gasteiger partial charge in [-0.2, -0.15) is 9.67 Å². The minimum atomic E-state index is -0.446. The van der Waals surface area contributed by atoms with Crippen molar-refractivity contribution in [1.29, 1.82) is 0 Å². The van der Waals surface area contributed by atoms with E-state index in [0.717, 1.165) is 23.6 Å². The molecule has 25 heavy (non-hydrogen) atoms. The van der Waals surface area contributed by atoms with Gasteiger partial charge in [-0.05, 0) is 38.1 Å². The third kappa shape index (κ3) is 3.32. The molecular weight excluding hydrogens is 318 g/mol. The third-order valence-corrected chi connectivity index (χ3v) is 3.78. The van der Waals surface area contributed by atoms with Gasteiger partial charge in [0, 0.05) is 25.5 Å². The van der Waals surface area contributed by atoms with Crippen LogP contribution in [-0.4, -0.2) is 43.7 Å². The van der Waals surface area contributed by atoms with E-state index >= 15 is 0 Å². The molecule has 0 atom stereocenters. The van der Waals surface area contributed by atoms with Crippen molar-refractivity contribution >= 4 is 17.7 Å². The van der Waals surface area contributed by atoms with E-state index in [1.54, 1.807) is 36.5 Å². The van der Waals surface area contributed by atoms with Crippen molar-refractivity contribution in [2.75, 3.05) is 18.0 Å². The topological polar surface area (TPSA) is 101 Å². The first kappa shape index (κ1) is 16.6. The van der Waals surface area contributed by atoms with E-state index in [1.807, 2.05) is 13.8 Å². The molecule has 3 aromatic heterocycles. The maximum absolute atomic E-state index is 12.6. The Morgan fingerprint density at radius 2 is 1.96 bits per heavy atom. The summed E-state index contributed by atoms with van der Waals surface area (Å²) in [6.07, 6.45) is 3.11. The molecule has 0 aliphatic carbocycles. The molecule has 3 heterocycles. The molecule has 0 unspecified atom stereocenters. The molecule has 0 amide bonds. The predicted octanol–water partition coefficient (Wildman–Crippen LogP) is 2.18. The first-order chi connectivity index (χ1) is 12.1. The predicted molar refractivity (Wildman–Crippen MR) is 93.5 cm³/mol. The number of hydrogen-bond donors (Lipinski definition) is 0. The summed E-state index contributed by atoms with van der Waals surface area (Å²) in [7, 11) is 0. The minimum absolute atomic E-state index is 0.238. The lowest BCUT2D eigenvalue weighted by molar-refractivity contribution is 0.0947. The van der Waals surface area contributed by atoms with Gasteiger partial charge in [-0.25, -0.2) is 4.98 Å². The summed E-state index contributed by atoms with van der Waals surface area (Å²) in [5, 5.41) is 4.11. The van der Waals surface area contributed by atoms with Crippen LogP contribution in [0.3, 0.4) is 0 Å². The van der Waals surface area contributed by atoms with Gasteiger partial charge < -0.3 is 4.90 Å². The lowest BCUT2D eigenvalue weighted by Crippen LogP contribution is -2.23. The second kappa shape index (κ2) is 7.08. The Hall–Kier alpha value is -3.29. The van der Waals surface area contributed by atoms with Gasteiger partial charge in [0.15, 0.2) is 0 Å². The fourth-order valence-electron chi connectivity index (χ4n) is 2.43. The number of aromatic nitrogens is 5. The van der Waals surface area contributed by atoms with Crippen LogP contribution in [0.25, 0.3) is 11.5 Å². The van der Waals surface area contributed by atoms with Crippen LogP contribution in [0.15, 0.2) is 42.7 Å². The number of pyridine rings is 2. The quantitative estimate of drug-likeness (QED) is 0.708. The first-order valence-corrected chi connectivity index (χ1v) is 7.99. The van der Waals surface area contributed by atoms with Gasteiger partial charge in [-0.15, -0.1) is 5.10 Å². The monoisotopic (exact) mass is 336 g/mol. The van der Waals surface area contributed by atoms with E-state index in [0.29, 0.717) is 11.3 Å². The van der Waals surface area contributed by atoms with E-state index in [1.165, 1.54) is 6.20 Å². The van der Waals surface area contributed by atoms with Crippen LogP contribution in [-0.2, 0) is 0 Å². The molecule has 0 aromatic carbocycles. The lowest BCUT2D eigenvalue weighted by Gasteiger charge is -2.19. The van der Waals surface area contributed by atoms with E-state index in [4.69, 9.17) is 5.73 Å². The number of rotatable bonds is 5. The molecule has 0 spiro atoms. The minimum Gasteiger partial charge on any atom is -0.357 e. The molecule has 3 aromatic rings. The van der Waals surface area contributed by atoms with Crippen molar-refractivity contribution < 1.29 is 4.79 Å². The molecule has 127 valence electrons. The molecule has 8 heteroatoms. The molecule has 0 saturated carbocycles. The van der Waals surface area contributed by atoms with Gasteiger partial charge in [-0.1, -0.05) is 6.07 Å². The fourth-order valence-corrected chi connectivity index (χ4v) is 2.43. The molecule has 8 nitrogen and oxygen atoms in total. The maximum atomic E-state index is 12.6. The van der Waals surface area contributed by atoms with E-state index in [9.17, 15) is 4.79 Å². The summed E-state index contributed by atoms with van der Waals surface area (Å²) in [5.74, 6) is 0.365. The van der Waals surface area contributed by atoms with Crippen molar-refractivity contribution in [3.05, 3.63) is 48.3 Å². The molecule has 1 radical (unpaired) electrons. The Balaban J connectivity index is 1.87. The zero-order valence-corrected chi connectivity index (χ0v) is 14.0. The molecule has 3 rings (SSSR count). The number of nitrogens with one attached hydrogen (secondary N) is 1. The number of anilines is 1. The summed E-state index contributed by atoms with van der Waals surface area (Å²) in [4.78, 5) is 27.2. The highest BCUT2D eigenvalue weighted by atomic mass is 16.2. The van der Waals surface area contributed by atoms with Gasteiger partial charge in [0.2, 0.25) is 11.8 Å². The lowest BCUT2D eigenvalue weighted by atomic mass is 10.2. The van der Waals surface area contributed by atoms with E-state index < -0.39 is 5.91 Å². The van der Waals surface area contributed by atoms with Gasteiger partial charge in [-0.3, -0.25) is 15.5 Å². The fraction of sp³-hybridized carbons (Fsp3) is 0.235. The molecular formula is C17H18N7O. The molecule has 0 fully saturated rings. The van der Waals surface area contributed by atoms with E-state index in [-0.39, 0.29) is 11.8 Å². The maximum Gasteiger partial charge on any atom is 0.283 e. The average molecular weight is 336 g/mol. The van der Waals surface area contributed by atoms with Crippen molar-refractivity contribution in [2.24, 2.45) is 0 Å². The zero-order chi connectivity index (χ0) is 17.8. The standard InChI is InChI=1S/C17H18N7O/c1-3-23(4-2)14-9-8-12(11-20-14)16(25)24-17(18)21-15(22-24)13-7-5-6-10-19-13/h5-11,18H,3-4H2,1-2H3. The highest BCUT2D eigenvalue weighted by Crippen LogP contribution is 2.16. The molecule has 0 aliphatic rings. The summed E-state index contributed by atoms with van der Waals surface area (Å²) < 4.78 is 0.956. The van der Waals surface area contributed by atoms with Crippen molar-refractivity contribution in [3.63, 3.8) is 0 Å². The van der Waals surface area contributed by atoms with Gasteiger partial charge >= 0.3 is 0 Å². The zero-order valence-electron chi connectivity index (χ0n) is 14.0. The van der Waals surface area contributed by atoms with Crippen LogP contribution in [0.1, 0.15) is 24.2 Å². The van der Waals surface area contributed by atoms with Crippen LogP contribution in [0.2, 0.25) is 0 Å². The van der Waals surface area contributed by atoms with Crippen molar-refractivity contribution in [1.82, 2.24) is 30.5 Å². The SMILES string of the molecule is CCN(CC)c1ccc(C(=O)n2nc(-c3ccccn3)nc2[NH])cn1. The van der Waals surface area contributed by atoms with Gasteiger partial charge in [0.1, 0.15) is 11.5 Å². The molecule has 0 bridgehead atoms. The molecule has 0 saturated heterocycles. The first-order valence-electron chi connectivity index (χ1n) is 7.99. The number of nitrogens with zero attached hydrogens (tertiary/aromatic N) is 6. The highest BCUT2D eigenvalue weighted by Gasteiger charge is 2.18. The van der Waals surface area contributed by atoms with Crippen LogP contribution < -0.4 is 10.6 Å². The Morgan fingerprint density at radius 1 is 1.16 bits per heavy atom. The number of carbonyl (C=O) groups is 1. The molecule has 1 N–H and O–H groups in total. The summed E-state index contributed by atoms with van der Waals surface area (Å²) in [6, 6.07) is 8.77. The van der Waals surface area contributed by atoms with Crippen LogP contribution in [0.5, 0.6) is 0 Å². The Kier molecular flexibility index (Phi) is 4.69. The Labute approximate surface area is 145 Å². The van der Waals surface area contributed by atoms with Crippen molar-refractivity contribution in [3.8, 4) is 11.5 Å². The normalized spacial score (nSPS) is 10.6. The van der Waals surface area contributed by atoms with Crippen LogP contribution in [0.4, 0.5) is 11.8 Å². The summed E-state index contributed by atoms with van der Waals surface area (Å²) in [5.41, 5.74) is 8.76.